The summed E-state index contributed by atoms with van der Waals surface area (Å²) < 4.78 is 0. The number of thiazole rings is 1. The predicted molar refractivity (Wildman–Crippen MR) is 101 cm³/mol. The highest BCUT2D eigenvalue weighted by atomic mass is 32.1. The predicted octanol–water partition coefficient (Wildman–Crippen LogP) is 2.21. The zero-order chi connectivity index (χ0) is 18.7. The first kappa shape index (κ1) is 18.5. The van der Waals surface area contributed by atoms with Crippen molar-refractivity contribution in [2.24, 2.45) is 0 Å². The Morgan fingerprint density at radius 3 is 2.81 bits per heavy atom. The molecule has 1 fully saturated rings. The molecule has 0 radical (unpaired) electrons. The molecule has 7 nitrogen and oxygen atoms in total. The normalized spacial score (nSPS) is 13.9. The Hall–Kier alpha value is -2.26. The summed E-state index contributed by atoms with van der Waals surface area (Å²) in [7, 11) is 0. The number of carbonyl (C=O) groups excluding carboxylic acids is 3. The van der Waals surface area contributed by atoms with Gasteiger partial charge in [-0.25, -0.2) is 4.98 Å². The van der Waals surface area contributed by atoms with Gasteiger partial charge in [0.1, 0.15) is 0 Å². The minimum atomic E-state index is -0.355. The number of nitrogens with one attached hydrogen (secondary N) is 2. The summed E-state index contributed by atoms with van der Waals surface area (Å²) in [6.45, 7) is 4.68. The van der Waals surface area contributed by atoms with Gasteiger partial charge in [-0.3, -0.25) is 30.1 Å². The Morgan fingerprint density at radius 2 is 2.15 bits per heavy atom. The highest BCUT2D eigenvalue weighted by molar-refractivity contribution is 7.14. The minimum Gasteiger partial charge on any atom is -0.288 e. The lowest BCUT2D eigenvalue weighted by Gasteiger charge is -2.10. The van der Waals surface area contributed by atoms with Crippen molar-refractivity contribution in [3.63, 3.8) is 0 Å². The number of nitrogens with zero attached hydrogens (tertiary/aromatic N) is 2. The van der Waals surface area contributed by atoms with Gasteiger partial charge in [-0.15, -0.1) is 22.7 Å². The van der Waals surface area contributed by atoms with E-state index in [9.17, 15) is 14.4 Å². The summed E-state index contributed by atoms with van der Waals surface area (Å²) >= 11 is 2.78. The van der Waals surface area contributed by atoms with E-state index in [1.54, 1.807) is 10.3 Å². The second-order valence-electron chi connectivity index (χ2n) is 6.02. The van der Waals surface area contributed by atoms with Crippen LogP contribution in [0.5, 0.6) is 0 Å². The maximum absolute atomic E-state index is 12.1. The summed E-state index contributed by atoms with van der Waals surface area (Å²) in [6, 6.07) is 1.82. The van der Waals surface area contributed by atoms with Crippen LogP contribution in [0.25, 0.3) is 0 Å². The molecule has 3 heterocycles. The molecule has 138 valence electrons. The third kappa shape index (κ3) is 4.10. The summed E-state index contributed by atoms with van der Waals surface area (Å²) in [5, 5.41) is 2.39. The van der Waals surface area contributed by atoms with Crippen LogP contribution in [0.3, 0.4) is 0 Å². The number of thiophene rings is 1. The van der Waals surface area contributed by atoms with Crippen molar-refractivity contribution in [2.45, 2.75) is 39.5 Å². The number of hydrazine groups is 1. The average molecular weight is 393 g/mol. The zero-order valence-corrected chi connectivity index (χ0v) is 16.3. The molecule has 2 N–H and O–H groups in total. The molecule has 0 bridgehead atoms. The van der Waals surface area contributed by atoms with Crippen LogP contribution in [0.4, 0.5) is 5.13 Å². The molecule has 3 rings (SSSR count). The Balaban J connectivity index is 1.52. The molecule has 1 aliphatic heterocycles. The second kappa shape index (κ2) is 7.96. The molecule has 1 saturated heterocycles. The largest absolute Gasteiger partial charge is 0.288 e. The van der Waals surface area contributed by atoms with Crippen LogP contribution in [-0.2, 0) is 22.4 Å². The first-order valence-corrected chi connectivity index (χ1v) is 10.1. The molecule has 0 saturated carbocycles. The molecular weight excluding hydrogens is 372 g/mol. The molecule has 0 aromatic carbocycles. The lowest BCUT2D eigenvalue weighted by atomic mass is 10.2. The quantitative estimate of drug-likeness (QED) is 0.763. The van der Waals surface area contributed by atoms with E-state index in [4.69, 9.17) is 0 Å². The van der Waals surface area contributed by atoms with Crippen molar-refractivity contribution >= 4 is 45.5 Å². The Labute approximate surface area is 159 Å². The third-order valence-electron chi connectivity index (χ3n) is 4.07. The third-order valence-corrected chi connectivity index (χ3v) is 6.36. The van der Waals surface area contributed by atoms with Crippen molar-refractivity contribution in [3.8, 4) is 0 Å². The fraction of sp³-hybridized carbons (Fsp3) is 0.412. The smallest absolute Gasteiger partial charge is 0.279 e. The van der Waals surface area contributed by atoms with Gasteiger partial charge in [-0.2, -0.15) is 0 Å². The van der Waals surface area contributed by atoms with Crippen LogP contribution in [0.1, 0.15) is 45.6 Å². The maximum Gasteiger partial charge on any atom is 0.279 e. The van der Waals surface area contributed by atoms with Gasteiger partial charge in [0, 0.05) is 23.2 Å². The molecule has 0 spiro atoms. The van der Waals surface area contributed by atoms with Crippen molar-refractivity contribution in [1.29, 1.82) is 0 Å². The molecule has 9 heteroatoms. The van der Waals surface area contributed by atoms with Gasteiger partial charge in [-0.1, -0.05) is 6.92 Å². The van der Waals surface area contributed by atoms with Gasteiger partial charge in [0.15, 0.2) is 5.13 Å². The molecule has 2 aromatic rings. The van der Waals surface area contributed by atoms with Gasteiger partial charge < -0.3 is 0 Å². The number of amides is 3. The zero-order valence-electron chi connectivity index (χ0n) is 14.6. The van der Waals surface area contributed by atoms with Crippen molar-refractivity contribution in [3.05, 3.63) is 32.5 Å². The number of hydrogen-bond acceptors (Lipinski definition) is 6. The van der Waals surface area contributed by atoms with Crippen LogP contribution < -0.4 is 15.8 Å². The van der Waals surface area contributed by atoms with Crippen LogP contribution >= 0.6 is 22.7 Å². The van der Waals surface area contributed by atoms with Gasteiger partial charge >= 0.3 is 0 Å². The van der Waals surface area contributed by atoms with Crippen molar-refractivity contribution in [1.82, 2.24) is 15.8 Å². The Bertz CT molecular complexity index is 843. The summed E-state index contributed by atoms with van der Waals surface area (Å²) in [6.07, 6.45) is 2.30. The first-order valence-electron chi connectivity index (χ1n) is 8.41. The van der Waals surface area contributed by atoms with Crippen molar-refractivity contribution < 1.29 is 14.4 Å². The van der Waals surface area contributed by atoms with E-state index in [1.165, 1.54) is 22.7 Å². The van der Waals surface area contributed by atoms with Crippen molar-refractivity contribution in [2.75, 3.05) is 11.4 Å². The second-order valence-corrected chi connectivity index (χ2v) is 7.99. The standard InChI is InChI=1S/C17H20N4O3S2/c1-3-12-10(2)7-13(26-12)16(24)20-19-14(22)8-11-9-25-17(18-11)21-6-4-5-15(21)23/h7,9H,3-6,8H2,1-2H3,(H,19,22)(H,20,24). The molecule has 3 amide bonds. The number of rotatable bonds is 5. The van der Waals surface area contributed by atoms with Crippen LogP contribution in [0, 0.1) is 6.92 Å². The molecule has 0 aliphatic carbocycles. The number of aryl methyl sites for hydroxylation is 2. The number of hydrogen-bond donors (Lipinski definition) is 2. The topological polar surface area (TPSA) is 91.4 Å². The van der Waals surface area contributed by atoms with E-state index in [-0.39, 0.29) is 24.1 Å². The lowest BCUT2D eigenvalue weighted by Crippen LogP contribution is -2.42. The van der Waals surface area contributed by atoms with E-state index < -0.39 is 0 Å². The van der Waals surface area contributed by atoms with Gasteiger partial charge in [0.05, 0.1) is 17.0 Å². The minimum absolute atomic E-state index is 0.0441. The van der Waals surface area contributed by atoms with Crippen LogP contribution in [0.15, 0.2) is 11.4 Å². The van der Waals surface area contributed by atoms with E-state index in [0.717, 1.165) is 23.3 Å². The fourth-order valence-corrected chi connectivity index (χ4v) is 4.61. The highest BCUT2D eigenvalue weighted by Gasteiger charge is 2.24. The van der Waals surface area contributed by atoms with E-state index in [2.05, 4.69) is 15.8 Å². The maximum atomic E-state index is 12.1. The summed E-state index contributed by atoms with van der Waals surface area (Å²) in [4.78, 5) is 43.6. The molecule has 0 unspecified atom stereocenters. The van der Waals surface area contributed by atoms with E-state index in [1.807, 2.05) is 19.9 Å². The molecule has 26 heavy (non-hydrogen) atoms. The Morgan fingerprint density at radius 1 is 1.35 bits per heavy atom. The monoisotopic (exact) mass is 392 g/mol. The number of anilines is 1. The van der Waals surface area contributed by atoms with Gasteiger partial charge in [0.25, 0.3) is 5.91 Å². The highest BCUT2D eigenvalue weighted by Crippen LogP contribution is 2.25. The Kier molecular flexibility index (Phi) is 5.67. The summed E-state index contributed by atoms with van der Waals surface area (Å²) in [5.41, 5.74) is 6.52. The fourth-order valence-electron chi connectivity index (χ4n) is 2.73. The van der Waals surface area contributed by atoms with Gasteiger partial charge in [-0.05, 0) is 31.4 Å². The van der Waals surface area contributed by atoms with Crippen LogP contribution in [0.2, 0.25) is 0 Å². The van der Waals surface area contributed by atoms with E-state index in [0.29, 0.717) is 28.7 Å². The lowest BCUT2D eigenvalue weighted by molar-refractivity contribution is -0.121. The number of aromatic nitrogens is 1. The number of carbonyl (C=O) groups is 3. The SMILES string of the molecule is CCc1sc(C(=O)NNC(=O)Cc2csc(N3CCCC3=O)n2)cc1C. The molecule has 1 aliphatic rings. The molecule has 0 atom stereocenters. The van der Waals surface area contributed by atoms with E-state index >= 15 is 0 Å². The first-order chi connectivity index (χ1) is 12.5. The van der Waals surface area contributed by atoms with Gasteiger partial charge in [0.2, 0.25) is 11.8 Å². The van der Waals surface area contributed by atoms with Crippen LogP contribution in [-0.4, -0.2) is 29.3 Å². The summed E-state index contributed by atoms with van der Waals surface area (Å²) in [5.74, 6) is -0.611. The molecular formula is C17H20N4O3S2. The molecule has 2 aromatic heterocycles. The average Bonchev–Trinajstić information content (AvgIpc) is 3.32.